The lowest BCUT2D eigenvalue weighted by Gasteiger charge is -2.23. The number of nitrogens with zero attached hydrogens (tertiary/aromatic N) is 2. The van der Waals surface area contributed by atoms with Crippen molar-refractivity contribution in [2.24, 2.45) is 22.7 Å². The highest BCUT2D eigenvalue weighted by atomic mass is 19.4. The fourth-order valence-electron chi connectivity index (χ4n) is 4.84. The van der Waals surface area contributed by atoms with Crippen LogP contribution in [0, 0.1) is 17.8 Å². The highest BCUT2D eigenvalue weighted by molar-refractivity contribution is 5.79. The van der Waals surface area contributed by atoms with Crippen molar-refractivity contribution in [3.63, 3.8) is 0 Å². The minimum atomic E-state index is -4.12. The molecule has 2 saturated carbocycles. The number of hydrogen-bond donors (Lipinski definition) is 2. The number of likely N-dealkylation sites (tertiary alicyclic amines) is 1. The van der Waals surface area contributed by atoms with Crippen LogP contribution in [-0.2, 0) is 0 Å². The van der Waals surface area contributed by atoms with E-state index in [4.69, 9.17) is 0 Å². The molecule has 0 aromatic rings. The van der Waals surface area contributed by atoms with Crippen molar-refractivity contribution >= 4 is 5.96 Å². The Kier molecular flexibility index (Phi) is 5.57. The van der Waals surface area contributed by atoms with Crippen LogP contribution < -0.4 is 10.6 Å². The number of halogens is 3. The van der Waals surface area contributed by atoms with Gasteiger partial charge in [-0.25, -0.2) is 0 Å². The Labute approximate surface area is 142 Å². The molecule has 0 aromatic carbocycles. The molecule has 2 aliphatic carbocycles. The normalized spacial score (nSPS) is 34.1. The third-order valence-electron chi connectivity index (χ3n) is 5.93. The van der Waals surface area contributed by atoms with Crippen molar-refractivity contribution in [3.05, 3.63) is 0 Å². The molecular formula is C17H29F3N4. The van der Waals surface area contributed by atoms with Crippen LogP contribution in [0.25, 0.3) is 0 Å². The number of aliphatic imine (C=N–C) groups is 1. The molecule has 7 heteroatoms. The van der Waals surface area contributed by atoms with Gasteiger partial charge in [0, 0.05) is 32.7 Å². The van der Waals surface area contributed by atoms with Crippen LogP contribution in [0.15, 0.2) is 4.99 Å². The lowest BCUT2D eigenvalue weighted by molar-refractivity contribution is -0.143. The first-order valence-corrected chi connectivity index (χ1v) is 9.19. The van der Waals surface area contributed by atoms with Crippen molar-refractivity contribution in [1.29, 1.82) is 0 Å². The van der Waals surface area contributed by atoms with Gasteiger partial charge in [-0.05, 0) is 49.9 Å². The molecule has 3 fully saturated rings. The number of nitrogens with one attached hydrogen (secondary N) is 2. The van der Waals surface area contributed by atoms with E-state index in [0.29, 0.717) is 13.1 Å². The van der Waals surface area contributed by atoms with E-state index in [2.05, 4.69) is 15.6 Å². The van der Waals surface area contributed by atoms with Crippen LogP contribution in [-0.4, -0.2) is 56.3 Å². The van der Waals surface area contributed by atoms with Gasteiger partial charge in [-0.1, -0.05) is 6.42 Å². The predicted octanol–water partition coefficient (Wildman–Crippen LogP) is 2.61. The van der Waals surface area contributed by atoms with Gasteiger partial charge < -0.3 is 10.6 Å². The van der Waals surface area contributed by atoms with Crippen molar-refractivity contribution in [2.45, 2.75) is 50.7 Å². The van der Waals surface area contributed by atoms with Gasteiger partial charge in [-0.2, -0.15) is 13.2 Å². The van der Waals surface area contributed by atoms with E-state index in [1.807, 2.05) is 0 Å². The Bertz CT molecular complexity index is 452. The quantitative estimate of drug-likeness (QED) is 0.594. The molecular weight excluding hydrogens is 317 g/mol. The summed E-state index contributed by atoms with van der Waals surface area (Å²) in [6, 6.07) is 0.0426. The summed E-state index contributed by atoms with van der Waals surface area (Å²) in [6.07, 6.45) is 3.42. The van der Waals surface area contributed by atoms with E-state index in [-0.39, 0.29) is 6.04 Å². The van der Waals surface area contributed by atoms with Gasteiger partial charge in [0.05, 0.1) is 6.54 Å². The molecule has 2 bridgehead atoms. The van der Waals surface area contributed by atoms with Crippen LogP contribution in [0.5, 0.6) is 0 Å². The molecule has 4 nitrogen and oxygen atoms in total. The number of fused-ring (bicyclic) bond motifs is 2. The first-order chi connectivity index (χ1) is 11.4. The number of hydrogen-bond acceptors (Lipinski definition) is 2. The molecule has 1 aliphatic heterocycles. The van der Waals surface area contributed by atoms with E-state index in [0.717, 1.165) is 36.7 Å². The summed E-state index contributed by atoms with van der Waals surface area (Å²) >= 11 is 0. The zero-order valence-electron chi connectivity index (χ0n) is 14.4. The third kappa shape index (κ3) is 4.77. The molecule has 3 aliphatic rings. The molecule has 1 heterocycles. The second-order valence-corrected chi connectivity index (χ2v) is 7.70. The van der Waals surface area contributed by atoms with Crippen molar-refractivity contribution in [1.82, 2.24) is 15.5 Å². The summed E-state index contributed by atoms with van der Waals surface area (Å²) in [5.41, 5.74) is 0. The monoisotopic (exact) mass is 346 g/mol. The maximum absolute atomic E-state index is 12.4. The van der Waals surface area contributed by atoms with Crippen LogP contribution in [0.2, 0.25) is 0 Å². The second-order valence-electron chi connectivity index (χ2n) is 7.70. The van der Waals surface area contributed by atoms with Gasteiger partial charge in [0.1, 0.15) is 0 Å². The molecule has 4 atom stereocenters. The van der Waals surface area contributed by atoms with E-state index in [1.165, 1.54) is 37.0 Å². The lowest BCUT2D eigenvalue weighted by atomic mass is 9.86. The number of guanidine groups is 1. The molecule has 3 rings (SSSR count). The summed E-state index contributed by atoms with van der Waals surface area (Å²) in [4.78, 5) is 5.68. The third-order valence-corrected chi connectivity index (χ3v) is 5.93. The standard InChI is InChI=1S/C17H29F3N4/c1-21-16(22-6-4-14-9-12-2-3-13(14)8-12)23-15-5-7-24(10-15)11-17(18,19)20/h12-15H,2-11H2,1H3,(H2,21,22,23). The Balaban J connectivity index is 1.35. The van der Waals surface area contributed by atoms with Gasteiger partial charge in [0.2, 0.25) is 0 Å². The smallest absolute Gasteiger partial charge is 0.356 e. The van der Waals surface area contributed by atoms with E-state index in [1.54, 1.807) is 7.05 Å². The summed E-state index contributed by atoms with van der Waals surface area (Å²) in [5, 5.41) is 6.61. The molecule has 0 radical (unpaired) electrons. The van der Waals surface area contributed by atoms with Crippen LogP contribution in [0.3, 0.4) is 0 Å². The maximum atomic E-state index is 12.4. The number of alkyl halides is 3. The Morgan fingerprint density at radius 1 is 1.21 bits per heavy atom. The first kappa shape index (κ1) is 17.8. The minimum Gasteiger partial charge on any atom is -0.356 e. The average Bonchev–Trinajstić information content (AvgIpc) is 3.21. The highest BCUT2D eigenvalue weighted by Crippen LogP contribution is 2.49. The van der Waals surface area contributed by atoms with Crippen LogP contribution >= 0.6 is 0 Å². The topological polar surface area (TPSA) is 39.7 Å². The SMILES string of the molecule is CN=C(NCCC1CC2CCC1C2)NC1CCN(CC(F)(F)F)C1. The molecule has 0 spiro atoms. The van der Waals surface area contributed by atoms with Crippen molar-refractivity contribution in [2.75, 3.05) is 33.2 Å². The molecule has 4 unspecified atom stereocenters. The molecule has 2 N–H and O–H groups in total. The van der Waals surface area contributed by atoms with Crippen molar-refractivity contribution < 1.29 is 13.2 Å². The average molecular weight is 346 g/mol. The summed E-state index contributed by atoms with van der Waals surface area (Å²) in [5.74, 6) is 3.47. The largest absolute Gasteiger partial charge is 0.401 e. The lowest BCUT2D eigenvalue weighted by Crippen LogP contribution is -2.45. The van der Waals surface area contributed by atoms with Gasteiger partial charge in [-0.15, -0.1) is 0 Å². The van der Waals surface area contributed by atoms with E-state index < -0.39 is 12.7 Å². The summed E-state index contributed by atoms with van der Waals surface area (Å²) < 4.78 is 37.3. The summed E-state index contributed by atoms with van der Waals surface area (Å²) in [7, 11) is 1.72. The fourth-order valence-corrected chi connectivity index (χ4v) is 4.84. The molecule has 1 saturated heterocycles. The van der Waals surface area contributed by atoms with Crippen LogP contribution in [0.4, 0.5) is 13.2 Å². The first-order valence-electron chi connectivity index (χ1n) is 9.19. The predicted molar refractivity (Wildman–Crippen MR) is 89.0 cm³/mol. The van der Waals surface area contributed by atoms with Gasteiger partial charge >= 0.3 is 6.18 Å². The van der Waals surface area contributed by atoms with Crippen molar-refractivity contribution in [3.8, 4) is 0 Å². The van der Waals surface area contributed by atoms with Crippen LogP contribution in [0.1, 0.15) is 38.5 Å². The zero-order valence-corrected chi connectivity index (χ0v) is 14.4. The molecule has 0 amide bonds. The fraction of sp³-hybridized carbons (Fsp3) is 0.941. The highest BCUT2D eigenvalue weighted by Gasteiger charge is 2.39. The number of rotatable bonds is 5. The maximum Gasteiger partial charge on any atom is 0.401 e. The summed E-state index contributed by atoms with van der Waals surface area (Å²) in [6.45, 7) is 0.986. The van der Waals surface area contributed by atoms with Gasteiger partial charge in [0.15, 0.2) is 5.96 Å². The Morgan fingerprint density at radius 2 is 2.04 bits per heavy atom. The Hall–Kier alpha value is -0.980. The molecule has 138 valence electrons. The minimum absolute atomic E-state index is 0.0426. The van der Waals surface area contributed by atoms with E-state index >= 15 is 0 Å². The Morgan fingerprint density at radius 3 is 2.67 bits per heavy atom. The van der Waals surface area contributed by atoms with Gasteiger partial charge in [-0.3, -0.25) is 9.89 Å². The van der Waals surface area contributed by atoms with Gasteiger partial charge in [0.25, 0.3) is 0 Å². The zero-order chi connectivity index (χ0) is 17.2. The van der Waals surface area contributed by atoms with E-state index in [9.17, 15) is 13.2 Å². The molecule has 24 heavy (non-hydrogen) atoms. The second kappa shape index (κ2) is 7.50. The molecule has 0 aromatic heterocycles.